The maximum absolute atomic E-state index is 14.1. The molecule has 1 aromatic carbocycles. The van der Waals surface area contributed by atoms with Gasteiger partial charge in [0.15, 0.2) is 0 Å². The molecule has 2 bridgehead atoms. The van der Waals surface area contributed by atoms with Gasteiger partial charge in [-0.05, 0) is 73.8 Å². The number of amides is 2. The molecular formula is C33H43FN4O5. The third-order valence-electron chi connectivity index (χ3n) is 10.1. The predicted octanol–water partition coefficient (Wildman–Crippen LogP) is 5.23. The van der Waals surface area contributed by atoms with Crippen LogP contribution in [-0.4, -0.2) is 64.0 Å². The molecule has 2 amide bonds. The number of hydrogen-bond acceptors (Lipinski definition) is 7. The van der Waals surface area contributed by atoms with Crippen molar-refractivity contribution in [1.29, 1.82) is 0 Å². The summed E-state index contributed by atoms with van der Waals surface area (Å²) in [5.41, 5.74) is 1.06. The number of carbonyl (C=O) groups is 3. The first-order valence-corrected chi connectivity index (χ1v) is 15.9. The summed E-state index contributed by atoms with van der Waals surface area (Å²) in [6.45, 7) is 7.79. The first-order valence-electron chi connectivity index (χ1n) is 15.9. The Kier molecular flexibility index (Phi) is 8.07. The van der Waals surface area contributed by atoms with E-state index in [0.717, 1.165) is 38.4 Å². The summed E-state index contributed by atoms with van der Waals surface area (Å²) in [4.78, 5) is 50.9. The van der Waals surface area contributed by atoms with Gasteiger partial charge >= 0.3 is 6.09 Å². The van der Waals surface area contributed by atoms with Crippen molar-refractivity contribution in [2.45, 2.75) is 103 Å². The molecule has 1 saturated heterocycles. The summed E-state index contributed by atoms with van der Waals surface area (Å²) in [7, 11) is 0. The summed E-state index contributed by atoms with van der Waals surface area (Å²) >= 11 is 0. The van der Waals surface area contributed by atoms with Crippen molar-refractivity contribution in [1.82, 2.24) is 20.2 Å². The Labute approximate surface area is 252 Å². The minimum absolute atomic E-state index is 0.145. The molecule has 3 heterocycles. The van der Waals surface area contributed by atoms with E-state index in [1.54, 1.807) is 6.07 Å². The fourth-order valence-electron chi connectivity index (χ4n) is 7.69. The predicted molar refractivity (Wildman–Crippen MR) is 158 cm³/mol. The number of halogens is 1. The van der Waals surface area contributed by atoms with E-state index in [0.29, 0.717) is 53.2 Å². The van der Waals surface area contributed by atoms with Crippen LogP contribution in [0.1, 0.15) is 78.3 Å². The van der Waals surface area contributed by atoms with Crippen molar-refractivity contribution in [2.24, 2.45) is 29.1 Å². The molecule has 8 atom stereocenters. The van der Waals surface area contributed by atoms with Gasteiger partial charge in [0.2, 0.25) is 11.8 Å². The minimum atomic E-state index is -0.897. The largest absolute Gasteiger partial charge is 0.471 e. The highest BCUT2D eigenvalue weighted by Gasteiger charge is 2.55. The molecule has 232 valence electrons. The van der Waals surface area contributed by atoms with Crippen LogP contribution >= 0.6 is 0 Å². The lowest BCUT2D eigenvalue weighted by Crippen LogP contribution is -2.56. The van der Waals surface area contributed by atoms with E-state index < -0.39 is 35.5 Å². The number of hydrogen-bond donors (Lipinski definition) is 1. The normalized spacial score (nSPS) is 33.3. The summed E-state index contributed by atoms with van der Waals surface area (Å²) < 4.78 is 26.6. The lowest BCUT2D eigenvalue weighted by atomic mass is 9.85. The molecule has 3 fully saturated rings. The Morgan fingerprint density at radius 3 is 2.60 bits per heavy atom. The second kappa shape index (κ2) is 11.7. The highest BCUT2D eigenvalue weighted by atomic mass is 19.1. The molecule has 6 rings (SSSR count). The van der Waals surface area contributed by atoms with Crippen molar-refractivity contribution in [3.63, 3.8) is 0 Å². The molecule has 2 saturated carbocycles. The molecule has 1 aromatic heterocycles. The van der Waals surface area contributed by atoms with Crippen LogP contribution in [0.15, 0.2) is 18.2 Å². The first kappa shape index (κ1) is 29.8. The summed E-state index contributed by atoms with van der Waals surface area (Å²) in [6.07, 6.45) is 6.72. The zero-order valence-corrected chi connectivity index (χ0v) is 25.6. The molecule has 0 radical (unpaired) electrons. The van der Waals surface area contributed by atoms with E-state index in [2.05, 4.69) is 5.32 Å². The molecule has 0 spiro atoms. The number of ether oxygens (including phenoxy) is 2. The van der Waals surface area contributed by atoms with Gasteiger partial charge in [0, 0.05) is 12.0 Å². The zero-order valence-electron chi connectivity index (χ0n) is 25.6. The van der Waals surface area contributed by atoms with E-state index >= 15 is 0 Å². The number of benzene rings is 1. The second-order valence-corrected chi connectivity index (χ2v) is 14.0. The molecule has 1 N–H and O–H groups in total. The number of fused-ring (bicyclic) bond motifs is 7. The van der Waals surface area contributed by atoms with Crippen molar-refractivity contribution in [3.05, 3.63) is 29.7 Å². The van der Waals surface area contributed by atoms with E-state index in [4.69, 9.17) is 19.4 Å². The van der Waals surface area contributed by atoms with E-state index in [1.165, 1.54) is 23.5 Å². The average Bonchev–Trinajstić information content (AvgIpc) is 3.50. The first-order chi connectivity index (χ1) is 20.6. The third-order valence-corrected chi connectivity index (χ3v) is 10.1. The molecule has 2 aliphatic heterocycles. The monoisotopic (exact) mass is 594 g/mol. The number of carbonyl (C=O) groups excluding carboxylic acids is 3. The van der Waals surface area contributed by atoms with Gasteiger partial charge in [-0.2, -0.15) is 0 Å². The Balaban J connectivity index is 1.36. The summed E-state index contributed by atoms with van der Waals surface area (Å²) in [6, 6.07) is 2.72. The van der Waals surface area contributed by atoms with Crippen LogP contribution in [0.4, 0.5) is 9.18 Å². The highest BCUT2D eigenvalue weighted by molar-refractivity contribution is 5.89. The van der Waals surface area contributed by atoms with Crippen LogP contribution in [0, 0.1) is 34.9 Å². The Bertz CT molecular complexity index is 1400. The van der Waals surface area contributed by atoms with Gasteiger partial charge in [0.1, 0.15) is 36.0 Å². The number of nitrogens with one attached hydrogen (secondary N) is 1. The minimum Gasteiger partial charge on any atom is -0.471 e. The molecule has 4 aliphatic rings. The van der Waals surface area contributed by atoms with Gasteiger partial charge in [-0.25, -0.2) is 19.2 Å². The number of aromatic nitrogens is 2. The number of nitrogens with zero attached hydrogens (tertiary/aromatic N) is 3. The molecule has 2 aliphatic carbocycles. The van der Waals surface area contributed by atoms with E-state index in [-0.39, 0.29) is 24.5 Å². The quantitative estimate of drug-likeness (QED) is 0.474. The number of aldehydes is 1. The topological polar surface area (TPSA) is 111 Å². The molecule has 2 unspecified atom stereocenters. The maximum Gasteiger partial charge on any atom is 0.408 e. The second-order valence-electron chi connectivity index (χ2n) is 14.0. The van der Waals surface area contributed by atoms with Gasteiger partial charge < -0.3 is 24.5 Å². The average molecular weight is 595 g/mol. The molecule has 43 heavy (non-hydrogen) atoms. The van der Waals surface area contributed by atoms with Gasteiger partial charge in [-0.1, -0.05) is 40.5 Å². The maximum atomic E-state index is 14.1. The van der Waals surface area contributed by atoms with Crippen LogP contribution in [0.25, 0.3) is 11.0 Å². The standard InChI is InChI=1S/C33H43FN4O5/c1-5-20-26(17-39)38-16-28(20)42-30-24(35-23-12-11-19(34)15-25(23)36-30)10-8-6-7-9-21-22-13-18(22)14-27(21)43-32(41)37-29(31(38)40)33(2,3)4/h11-12,15,17-18,20-22,26-29H,5-10,13-14,16H2,1-4H3,(H,37,41)/t18?,20-,21+,22?,26+,27+,28-,29+/m0/s1. The Morgan fingerprint density at radius 1 is 1.05 bits per heavy atom. The highest BCUT2D eigenvalue weighted by Crippen LogP contribution is 2.57. The SMILES string of the molecule is CC[C@@H]1[C@@H]2CN(C(=O)[C@H](C(C)(C)C)NC(=O)O[C@@H]3CC4CC4[C@H]3CCCCCc3nc4ccc(F)cc4nc3O2)[C@@H]1C=O. The van der Waals surface area contributed by atoms with Crippen molar-refractivity contribution < 1.29 is 28.2 Å². The fraction of sp³-hybridized carbons (Fsp3) is 0.667. The third kappa shape index (κ3) is 5.94. The number of aryl methyl sites for hydroxylation is 1. The molecule has 10 heteroatoms. The van der Waals surface area contributed by atoms with Crippen molar-refractivity contribution in [2.75, 3.05) is 6.54 Å². The zero-order chi connectivity index (χ0) is 30.5. The number of rotatable bonds is 2. The van der Waals surface area contributed by atoms with Crippen molar-refractivity contribution in [3.8, 4) is 5.88 Å². The van der Waals surface area contributed by atoms with Gasteiger partial charge in [0.25, 0.3) is 0 Å². The van der Waals surface area contributed by atoms with Gasteiger partial charge in [-0.3, -0.25) is 4.79 Å². The Hall–Kier alpha value is -3.30. The summed E-state index contributed by atoms with van der Waals surface area (Å²) in [5, 5.41) is 2.89. The fourth-order valence-corrected chi connectivity index (χ4v) is 7.69. The van der Waals surface area contributed by atoms with Crippen LogP contribution < -0.4 is 10.1 Å². The molecular weight excluding hydrogens is 551 g/mol. The van der Waals surface area contributed by atoms with Gasteiger partial charge in [-0.15, -0.1) is 0 Å². The van der Waals surface area contributed by atoms with Crippen molar-refractivity contribution >= 4 is 29.3 Å². The molecule has 9 nitrogen and oxygen atoms in total. The van der Waals surface area contributed by atoms with Crippen LogP contribution in [0.5, 0.6) is 5.88 Å². The van der Waals surface area contributed by atoms with Crippen LogP contribution in [0.3, 0.4) is 0 Å². The van der Waals surface area contributed by atoms with E-state index in [1.807, 2.05) is 27.7 Å². The lowest BCUT2D eigenvalue weighted by molar-refractivity contribution is -0.139. The molecule has 2 aromatic rings. The van der Waals surface area contributed by atoms with Crippen LogP contribution in [-0.2, 0) is 20.7 Å². The summed E-state index contributed by atoms with van der Waals surface area (Å²) in [5.74, 6) is 0.842. The van der Waals surface area contributed by atoms with Gasteiger partial charge in [0.05, 0.1) is 23.6 Å². The Morgan fingerprint density at radius 2 is 1.86 bits per heavy atom. The number of alkyl carbamates (subject to hydrolysis) is 1. The lowest BCUT2D eigenvalue weighted by Gasteiger charge is -2.35. The smallest absolute Gasteiger partial charge is 0.408 e. The van der Waals surface area contributed by atoms with E-state index in [9.17, 15) is 18.8 Å². The van der Waals surface area contributed by atoms with Crippen LogP contribution in [0.2, 0.25) is 0 Å².